The quantitative estimate of drug-likeness (QED) is 0.234. The van der Waals surface area contributed by atoms with Gasteiger partial charge in [0, 0.05) is 13.0 Å². The SMILES string of the molecule is CC(C)[C@H](C(O)N1C[C@H](O)C[C@H]1C(=O)N[C@H](Cc1ccc(-c2ccccc2)cc1)C(N)=O)n1nnc2ccccc21. The lowest BCUT2D eigenvalue weighted by Gasteiger charge is -2.36. The lowest BCUT2D eigenvalue weighted by Crippen LogP contribution is -2.55. The number of fused-ring (bicyclic) bond motifs is 1. The first kappa shape index (κ1) is 28.4. The molecule has 5 rings (SSSR count). The third-order valence-corrected chi connectivity index (χ3v) is 7.77. The molecule has 1 saturated heterocycles. The lowest BCUT2D eigenvalue weighted by molar-refractivity contribution is -0.135. The smallest absolute Gasteiger partial charge is 0.240 e. The molecule has 5 N–H and O–H groups in total. The fourth-order valence-corrected chi connectivity index (χ4v) is 5.63. The standard InChI is InChI=1S/C31H36N6O4/c1-19(2)28(37-26-11-7-6-10-24(26)34-35-37)31(41)36-18-23(38)17-27(36)30(40)33-25(29(32)39)16-20-12-14-22(15-13-20)21-8-4-3-5-9-21/h3-15,19,23,25,27-28,31,38,41H,16-18H2,1-2H3,(H2,32,39)(H,33,40)/t23-,25-,27+,28-,31?/m1/s1. The van der Waals surface area contributed by atoms with Crippen molar-refractivity contribution in [3.63, 3.8) is 0 Å². The predicted octanol–water partition coefficient (Wildman–Crippen LogP) is 2.26. The molecule has 0 aliphatic carbocycles. The van der Waals surface area contributed by atoms with Gasteiger partial charge in [-0.2, -0.15) is 0 Å². The average molecular weight is 557 g/mol. The number of nitrogens with one attached hydrogen (secondary N) is 1. The number of nitrogens with two attached hydrogens (primary N) is 1. The number of carbonyl (C=O) groups is 2. The summed E-state index contributed by atoms with van der Waals surface area (Å²) in [5, 5.41) is 33.4. The zero-order valence-electron chi connectivity index (χ0n) is 23.2. The summed E-state index contributed by atoms with van der Waals surface area (Å²) in [6.45, 7) is 4.01. The van der Waals surface area contributed by atoms with E-state index in [-0.39, 0.29) is 25.3 Å². The maximum atomic E-state index is 13.5. The molecule has 214 valence electrons. The molecule has 1 aliphatic rings. The van der Waals surface area contributed by atoms with E-state index in [4.69, 9.17) is 5.73 Å². The van der Waals surface area contributed by atoms with Gasteiger partial charge in [0.1, 0.15) is 17.8 Å². The van der Waals surface area contributed by atoms with Gasteiger partial charge in [0.15, 0.2) is 0 Å². The number of aliphatic hydroxyl groups excluding tert-OH is 2. The van der Waals surface area contributed by atoms with Crippen LogP contribution in [0.3, 0.4) is 0 Å². The fourth-order valence-electron chi connectivity index (χ4n) is 5.63. The Kier molecular flexibility index (Phi) is 8.44. The Labute approximate surface area is 238 Å². The van der Waals surface area contributed by atoms with Crippen molar-refractivity contribution in [2.75, 3.05) is 6.54 Å². The van der Waals surface area contributed by atoms with E-state index < -0.39 is 42.3 Å². The number of carbonyl (C=O) groups excluding carboxylic acids is 2. The normalized spacial score (nSPS) is 19.7. The zero-order valence-corrected chi connectivity index (χ0v) is 23.2. The number of amides is 2. The van der Waals surface area contributed by atoms with Gasteiger partial charge in [0.25, 0.3) is 0 Å². The van der Waals surface area contributed by atoms with Crippen LogP contribution in [0.1, 0.15) is 31.9 Å². The second-order valence-electron chi connectivity index (χ2n) is 11.0. The molecule has 10 heteroatoms. The van der Waals surface area contributed by atoms with Crippen molar-refractivity contribution in [2.45, 2.75) is 57.1 Å². The molecule has 1 fully saturated rings. The number of β-amino-alcohol motifs (C(OH)–C–C–N with tert-alkyl or cyclic N) is 1. The minimum absolute atomic E-state index is 0.0752. The van der Waals surface area contributed by atoms with Crippen LogP contribution in [0.2, 0.25) is 0 Å². The van der Waals surface area contributed by atoms with E-state index in [1.807, 2.05) is 92.7 Å². The number of aliphatic hydroxyl groups is 2. The first-order chi connectivity index (χ1) is 19.7. The molecule has 0 radical (unpaired) electrons. The summed E-state index contributed by atoms with van der Waals surface area (Å²) in [4.78, 5) is 27.5. The van der Waals surface area contributed by atoms with Crippen LogP contribution < -0.4 is 11.1 Å². The van der Waals surface area contributed by atoms with Crippen LogP contribution in [-0.2, 0) is 16.0 Å². The van der Waals surface area contributed by atoms with E-state index in [1.54, 1.807) is 9.58 Å². The van der Waals surface area contributed by atoms with Crippen LogP contribution >= 0.6 is 0 Å². The van der Waals surface area contributed by atoms with Crippen molar-refractivity contribution < 1.29 is 19.8 Å². The summed E-state index contributed by atoms with van der Waals surface area (Å²) in [5.41, 5.74) is 10.1. The largest absolute Gasteiger partial charge is 0.392 e. The number of nitrogens with zero attached hydrogens (tertiary/aromatic N) is 4. The van der Waals surface area contributed by atoms with Gasteiger partial charge >= 0.3 is 0 Å². The van der Waals surface area contributed by atoms with Crippen molar-refractivity contribution in [3.05, 3.63) is 84.4 Å². The Morgan fingerprint density at radius 2 is 1.66 bits per heavy atom. The Morgan fingerprint density at radius 3 is 2.34 bits per heavy atom. The number of rotatable bonds is 10. The molecule has 1 unspecified atom stereocenters. The summed E-state index contributed by atoms with van der Waals surface area (Å²) < 4.78 is 1.68. The van der Waals surface area contributed by atoms with Crippen molar-refractivity contribution >= 4 is 22.8 Å². The Bertz CT molecular complexity index is 1490. The second kappa shape index (κ2) is 12.2. The second-order valence-corrected chi connectivity index (χ2v) is 11.0. The topological polar surface area (TPSA) is 147 Å². The maximum absolute atomic E-state index is 13.5. The highest BCUT2D eigenvalue weighted by atomic mass is 16.3. The Balaban J connectivity index is 1.32. The summed E-state index contributed by atoms with van der Waals surface area (Å²) in [7, 11) is 0. The predicted molar refractivity (Wildman–Crippen MR) is 155 cm³/mol. The number of para-hydroxylation sites is 1. The minimum atomic E-state index is -1.15. The van der Waals surface area contributed by atoms with Gasteiger partial charge in [-0.25, -0.2) is 4.68 Å². The molecule has 5 atom stereocenters. The van der Waals surface area contributed by atoms with Crippen LogP contribution in [0.4, 0.5) is 0 Å². The van der Waals surface area contributed by atoms with E-state index in [0.717, 1.165) is 22.2 Å². The van der Waals surface area contributed by atoms with Gasteiger partial charge in [-0.15, -0.1) is 5.10 Å². The molecular weight excluding hydrogens is 520 g/mol. The van der Waals surface area contributed by atoms with Crippen LogP contribution in [0.15, 0.2) is 78.9 Å². The maximum Gasteiger partial charge on any atom is 0.240 e. The molecule has 0 spiro atoms. The highest BCUT2D eigenvalue weighted by Crippen LogP contribution is 2.31. The van der Waals surface area contributed by atoms with E-state index in [0.29, 0.717) is 5.52 Å². The number of likely N-dealkylation sites (tertiary alicyclic amines) is 1. The highest BCUT2D eigenvalue weighted by Gasteiger charge is 2.44. The minimum Gasteiger partial charge on any atom is -0.392 e. The molecule has 0 saturated carbocycles. The summed E-state index contributed by atoms with van der Waals surface area (Å²) in [6.07, 6.45) is -1.64. The molecule has 4 aromatic rings. The molecule has 41 heavy (non-hydrogen) atoms. The Hall–Kier alpha value is -4.12. The number of aromatic nitrogens is 3. The van der Waals surface area contributed by atoms with Gasteiger partial charge in [-0.05, 0) is 41.2 Å². The van der Waals surface area contributed by atoms with Crippen molar-refractivity contribution in [3.8, 4) is 11.1 Å². The zero-order chi connectivity index (χ0) is 29.1. The van der Waals surface area contributed by atoms with Gasteiger partial charge in [0.05, 0.1) is 23.7 Å². The van der Waals surface area contributed by atoms with E-state index >= 15 is 0 Å². The van der Waals surface area contributed by atoms with Crippen molar-refractivity contribution in [1.82, 2.24) is 25.2 Å². The fraction of sp³-hybridized carbons (Fsp3) is 0.355. The van der Waals surface area contributed by atoms with Crippen LogP contribution in [0.5, 0.6) is 0 Å². The highest BCUT2D eigenvalue weighted by molar-refractivity contribution is 5.89. The number of hydrogen-bond donors (Lipinski definition) is 4. The third kappa shape index (κ3) is 6.14. The molecule has 10 nitrogen and oxygen atoms in total. The van der Waals surface area contributed by atoms with Crippen LogP contribution in [-0.4, -0.2) is 72.9 Å². The van der Waals surface area contributed by atoms with E-state index in [1.165, 1.54) is 0 Å². The molecule has 1 aliphatic heterocycles. The van der Waals surface area contributed by atoms with Crippen molar-refractivity contribution in [1.29, 1.82) is 0 Å². The summed E-state index contributed by atoms with van der Waals surface area (Å²) in [5.74, 6) is -1.21. The van der Waals surface area contributed by atoms with Gasteiger partial charge in [-0.1, -0.05) is 85.8 Å². The van der Waals surface area contributed by atoms with Crippen LogP contribution in [0, 0.1) is 5.92 Å². The number of benzene rings is 3. The van der Waals surface area contributed by atoms with E-state index in [2.05, 4.69) is 15.6 Å². The molecule has 1 aromatic heterocycles. The summed E-state index contributed by atoms with van der Waals surface area (Å²) in [6, 6.07) is 22.8. The number of hydrogen-bond acceptors (Lipinski definition) is 7. The lowest BCUT2D eigenvalue weighted by atomic mass is 9.99. The monoisotopic (exact) mass is 556 g/mol. The Morgan fingerprint density at radius 1 is 1.00 bits per heavy atom. The van der Waals surface area contributed by atoms with Gasteiger partial charge < -0.3 is 21.3 Å². The molecule has 2 heterocycles. The average Bonchev–Trinajstić information content (AvgIpc) is 3.57. The van der Waals surface area contributed by atoms with Crippen molar-refractivity contribution in [2.24, 2.45) is 11.7 Å². The van der Waals surface area contributed by atoms with Gasteiger partial charge in [0.2, 0.25) is 11.8 Å². The van der Waals surface area contributed by atoms with Gasteiger partial charge in [-0.3, -0.25) is 14.5 Å². The third-order valence-electron chi connectivity index (χ3n) is 7.77. The first-order valence-corrected chi connectivity index (χ1v) is 13.9. The number of primary amides is 1. The molecule has 3 aromatic carbocycles. The van der Waals surface area contributed by atoms with Crippen LogP contribution in [0.25, 0.3) is 22.2 Å². The first-order valence-electron chi connectivity index (χ1n) is 13.9. The molecule has 2 amide bonds. The van der Waals surface area contributed by atoms with E-state index in [9.17, 15) is 19.8 Å². The summed E-state index contributed by atoms with van der Waals surface area (Å²) >= 11 is 0. The molecular formula is C31H36N6O4. The molecule has 0 bridgehead atoms.